The molecule has 2 aliphatic rings. The van der Waals surface area contributed by atoms with E-state index in [0.29, 0.717) is 17.7 Å². The van der Waals surface area contributed by atoms with Crippen LogP contribution in [0.3, 0.4) is 0 Å². The van der Waals surface area contributed by atoms with Gasteiger partial charge in [0.1, 0.15) is 0 Å². The number of unbranched alkanes of at least 4 members (excludes halogenated alkanes) is 1. The molecule has 2 fully saturated rings. The molecule has 1 heterocycles. The van der Waals surface area contributed by atoms with Crippen LogP contribution in [-0.4, -0.2) is 44.2 Å². The Bertz CT molecular complexity index is 342. The maximum absolute atomic E-state index is 12.2. The van der Waals surface area contributed by atoms with Crippen LogP contribution in [0.15, 0.2) is 0 Å². The second-order valence-corrected chi connectivity index (χ2v) is 7.32. The highest BCUT2D eigenvalue weighted by molar-refractivity contribution is 7.89. The highest BCUT2D eigenvalue weighted by Gasteiger charge is 2.43. The minimum Gasteiger partial charge on any atom is -0.317 e. The summed E-state index contributed by atoms with van der Waals surface area (Å²) in [4.78, 5) is 0. The van der Waals surface area contributed by atoms with E-state index in [1.165, 1.54) is 6.42 Å². The van der Waals surface area contributed by atoms with Crippen LogP contribution in [0.25, 0.3) is 0 Å². The molecular formula is C12H24N2O2S. The third-order valence-electron chi connectivity index (χ3n) is 3.97. The summed E-state index contributed by atoms with van der Waals surface area (Å²) in [6, 6.07) is 0.332. The van der Waals surface area contributed by atoms with Gasteiger partial charge in [-0.1, -0.05) is 6.92 Å². The van der Waals surface area contributed by atoms with E-state index in [-0.39, 0.29) is 0 Å². The molecule has 5 heteroatoms. The Morgan fingerprint density at radius 1 is 1.29 bits per heavy atom. The molecule has 2 bridgehead atoms. The van der Waals surface area contributed by atoms with Crippen LogP contribution in [0.2, 0.25) is 0 Å². The molecule has 1 saturated carbocycles. The molecule has 0 aromatic carbocycles. The second kappa shape index (κ2) is 5.67. The zero-order valence-corrected chi connectivity index (χ0v) is 11.5. The van der Waals surface area contributed by atoms with Crippen molar-refractivity contribution in [2.75, 3.05) is 25.4 Å². The van der Waals surface area contributed by atoms with E-state index in [2.05, 4.69) is 12.2 Å². The Hall–Kier alpha value is -0.130. The number of piperidine rings is 1. The van der Waals surface area contributed by atoms with E-state index in [1.807, 2.05) is 0 Å². The van der Waals surface area contributed by atoms with Gasteiger partial charge in [0, 0.05) is 12.6 Å². The first-order chi connectivity index (χ1) is 8.13. The summed E-state index contributed by atoms with van der Waals surface area (Å²) in [5.41, 5.74) is 0. The monoisotopic (exact) mass is 260 g/mol. The Morgan fingerprint density at radius 3 is 2.71 bits per heavy atom. The van der Waals surface area contributed by atoms with Gasteiger partial charge in [-0.2, -0.15) is 4.31 Å². The van der Waals surface area contributed by atoms with Crippen molar-refractivity contribution in [3.05, 3.63) is 0 Å². The first-order valence-electron chi connectivity index (χ1n) is 6.83. The number of fused-ring (bicyclic) bond motifs is 2. The molecule has 0 spiro atoms. The maximum Gasteiger partial charge on any atom is 0.214 e. The molecule has 4 nitrogen and oxygen atoms in total. The number of hydrogen-bond acceptors (Lipinski definition) is 3. The lowest BCUT2D eigenvalue weighted by molar-refractivity contribution is 0.333. The van der Waals surface area contributed by atoms with Crippen molar-refractivity contribution in [2.24, 2.45) is 5.92 Å². The van der Waals surface area contributed by atoms with Crippen LogP contribution in [0.5, 0.6) is 0 Å². The van der Waals surface area contributed by atoms with Crippen LogP contribution >= 0.6 is 0 Å². The predicted octanol–water partition coefficient (Wildman–Crippen LogP) is 1.19. The van der Waals surface area contributed by atoms with Gasteiger partial charge in [0.2, 0.25) is 10.0 Å². The molecule has 2 unspecified atom stereocenters. The van der Waals surface area contributed by atoms with Gasteiger partial charge in [-0.05, 0) is 51.1 Å². The fourth-order valence-electron chi connectivity index (χ4n) is 3.05. The molecule has 100 valence electrons. The first-order valence-corrected chi connectivity index (χ1v) is 8.44. The Balaban J connectivity index is 1.75. The normalized spacial score (nSPS) is 29.0. The van der Waals surface area contributed by atoms with Gasteiger partial charge in [-0.15, -0.1) is 0 Å². The molecule has 0 radical (unpaired) electrons. The van der Waals surface area contributed by atoms with E-state index in [9.17, 15) is 8.42 Å². The van der Waals surface area contributed by atoms with Gasteiger partial charge < -0.3 is 5.32 Å². The largest absolute Gasteiger partial charge is 0.317 e. The molecule has 0 amide bonds. The van der Waals surface area contributed by atoms with Gasteiger partial charge in [0.25, 0.3) is 0 Å². The van der Waals surface area contributed by atoms with Crippen molar-refractivity contribution < 1.29 is 8.42 Å². The summed E-state index contributed by atoms with van der Waals surface area (Å²) in [6.07, 6.45) is 5.16. The Labute approximate surface area is 105 Å². The second-order valence-electron chi connectivity index (χ2n) is 5.28. The van der Waals surface area contributed by atoms with Crippen LogP contribution in [-0.2, 0) is 10.0 Å². The highest BCUT2D eigenvalue weighted by atomic mass is 32.2. The van der Waals surface area contributed by atoms with Gasteiger partial charge in [0.15, 0.2) is 0 Å². The van der Waals surface area contributed by atoms with Crippen molar-refractivity contribution in [1.29, 1.82) is 0 Å². The highest BCUT2D eigenvalue weighted by Crippen LogP contribution is 2.39. The molecule has 1 N–H and O–H groups in total. The van der Waals surface area contributed by atoms with Gasteiger partial charge >= 0.3 is 0 Å². The molecule has 1 aliphatic carbocycles. The molecular weight excluding hydrogens is 236 g/mol. The summed E-state index contributed by atoms with van der Waals surface area (Å²) in [7, 11) is -2.97. The number of nitrogens with one attached hydrogen (secondary N) is 1. The quantitative estimate of drug-likeness (QED) is 0.700. The van der Waals surface area contributed by atoms with E-state index in [1.54, 1.807) is 4.31 Å². The zero-order chi connectivity index (χ0) is 12.3. The summed E-state index contributed by atoms with van der Waals surface area (Å²) in [6.45, 7) is 4.75. The average molecular weight is 260 g/mol. The van der Waals surface area contributed by atoms with E-state index in [0.717, 1.165) is 45.3 Å². The lowest BCUT2D eigenvalue weighted by atomic mass is 10.1. The molecule has 0 aromatic rings. The molecule has 1 aliphatic heterocycles. The number of hydrogen-bond donors (Lipinski definition) is 1. The molecule has 1 saturated heterocycles. The van der Waals surface area contributed by atoms with E-state index >= 15 is 0 Å². The first kappa shape index (κ1) is 13.3. The Morgan fingerprint density at radius 2 is 2.12 bits per heavy atom. The molecule has 17 heavy (non-hydrogen) atoms. The lowest BCUT2D eigenvalue weighted by Gasteiger charge is -2.26. The predicted molar refractivity (Wildman–Crippen MR) is 69.4 cm³/mol. The van der Waals surface area contributed by atoms with Crippen LogP contribution in [0.4, 0.5) is 0 Å². The number of nitrogens with zero attached hydrogens (tertiary/aromatic N) is 1. The summed E-state index contributed by atoms with van der Waals surface area (Å²) < 4.78 is 26.1. The molecule has 2 atom stereocenters. The lowest BCUT2D eigenvalue weighted by Crippen LogP contribution is -2.39. The average Bonchev–Trinajstić information content (AvgIpc) is 2.90. The van der Waals surface area contributed by atoms with Crippen molar-refractivity contribution in [1.82, 2.24) is 9.62 Å². The zero-order valence-electron chi connectivity index (χ0n) is 10.7. The van der Waals surface area contributed by atoms with Gasteiger partial charge in [0.05, 0.1) is 5.75 Å². The topological polar surface area (TPSA) is 49.4 Å². The van der Waals surface area contributed by atoms with Crippen molar-refractivity contribution >= 4 is 10.0 Å². The van der Waals surface area contributed by atoms with Gasteiger partial charge in [-0.3, -0.25) is 0 Å². The minimum absolute atomic E-state index is 0.332. The Kier molecular flexibility index (Phi) is 4.44. The fraction of sp³-hybridized carbons (Fsp3) is 1.00. The summed E-state index contributed by atoms with van der Waals surface area (Å²) >= 11 is 0. The number of sulfonamides is 1. The third kappa shape index (κ3) is 3.20. The van der Waals surface area contributed by atoms with Crippen LogP contribution in [0, 0.1) is 5.92 Å². The summed E-state index contributed by atoms with van der Waals surface area (Å²) in [5.74, 6) is 0.985. The maximum atomic E-state index is 12.2. The van der Waals surface area contributed by atoms with Gasteiger partial charge in [-0.25, -0.2) is 8.42 Å². The van der Waals surface area contributed by atoms with Crippen LogP contribution in [0.1, 0.15) is 39.0 Å². The SMILES string of the molecule is CCNCCCCS(=O)(=O)N1CC2CCC1C2. The number of rotatable bonds is 7. The van der Waals surface area contributed by atoms with Crippen molar-refractivity contribution in [3.63, 3.8) is 0 Å². The standard InChI is InChI=1S/C12H24N2O2S/c1-2-13-7-3-4-8-17(15,16)14-10-11-5-6-12(14)9-11/h11-13H,2-10H2,1H3. The smallest absolute Gasteiger partial charge is 0.214 e. The van der Waals surface area contributed by atoms with E-state index < -0.39 is 10.0 Å². The summed E-state index contributed by atoms with van der Waals surface area (Å²) in [5, 5.41) is 3.22. The van der Waals surface area contributed by atoms with Crippen LogP contribution < -0.4 is 5.32 Å². The van der Waals surface area contributed by atoms with E-state index in [4.69, 9.17) is 0 Å². The fourth-order valence-corrected chi connectivity index (χ4v) is 4.94. The molecule has 0 aromatic heterocycles. The third-order valence-corrected chi connectivity index (χ3v) is 5.94. The van der Waals surface area contributed by atoms with Crippen molar-refractivity contribution in [2.45, 2.75) is 45.1 Å². The molecule has 2 rings (SSSR count). The van der Waals surface area contributed by atoms with Crippen molar-refractivity contribution in [3.8, 4) is 0 Å². The minimum atomic E-state index is -2.97.